The van der Waals surface area contributed by atoms with Gasteiger partial charge in [0.15, 0.2) is 11.3 Å². The van der Waals surface area contributed by atoms with Gasteiger partial charge in [-0.25, -0.2) is 4.79 Å². The number of amides is 3. The van der Waals surface area contributed by atoms with E-state index in [9.17, 15) is 14.4 Å². The average Bonchev–Trinajstić information content (AvgIpc) is 3.20. The van der Waals surface area contributed by atoms with E-state index in [0.717, 1.165) is 31.5 Å². The largest absolute Gasteiger partial charge is 0.349 e. The van der Waals surface area contributed by atoms with E-state index in [-0.39, 0.29) is 12.3 Å². The second-order valence-corrected chi connectivity index (χ2v) is 8.97. The van der Waals surface area contributed by atoms with Gasteiger partial charge in [0.2, 0.25) is 0 Å². The molecule has 0 radical (unpaired) electrons. The van der Waals surface area contributed by atoms with Crippen LogP contribution in [-0.4, -0.2) is 33.7 Å². The normalized spacial score (nSPS) is 20.0. The highest BCUT2D eigenvalue weighted by Crippen LogP contribution is 2.35. The predicted molar refractivity (Wildman–Crippen MR) is 104 cm³/mol. The van der Waals surface area contributed by atoms with Gasteiger partial charge in [-0.05, 0) is 61.8 Å². The summed E-state index contributed by atoms with van der Waals surface area (Å²) in [4.78, 5) is 39.8. The lowest BCUT2D eigenvalue weighted by atomic mass is 10.0. The zero-order chi connectivity index (χ0) is 19.2. The molecule has 2 aromatic rings. The Hall–Kier alpha value is -1.93. The number of nitrogens with zero attached hydrogens (tertiary/aromatic N) is 2. The lowest BCUT2D eigenvalue weighted by Crippen LogP contribution is -2.40. The Morgan fingerprint density at radius 1 is 1.31 bits per heavy atom. The lowest BCUT2D eigenvalue weighted by molar-refractivity contribution is -0.130. The van der Waals surface area contributed by atoms with Crippen LogP contribution in [0.1, 0.15) is 40.5 Å². The quantitative estimate of drug-likeness (QED) is 0.573. The number of carbonyl (C=O) groups is 3. The summed E-state index contributed by atoms with van der Waals surface area (Å²) in [5.74, 6) is -0.646. The van der Waals surface area contributed by atoms with E-state index in [2.05, 4.69) is 21.2 Å². The van der Waals surface area contributed by atoms with Crippen molar-refractivity contribution in [3.8, 4) is 0 Å². The summed E-state index contributed by atoms with van der Waals surface area (Å²) >= 11 is 4.76. The van der Waals surface area contributed by atoms with Crippen molar-refractivity contribution in [1.29, 1.82) is 0 Å². The number of urea groups is 1. The number of rotatable bonds is 5. The zero-order valence-electron chi connectivity index (χ0n) is 15.1. The molecular weight excluding hydrogens is 418 g/mol. The van der Waals surface area contributed by atoms with Crippen molar-refractivity contribution in [2.24, 2.45) is 0 Å². The molecule has 1 atom stereocenters. The van der Waals surface area contributed by atoms with Gasteiger partial charge in [0.05, 0.1) is 10.3 Å². The Labute approximate surface area is 164 Å². The van der Waals surface area contributed by atoms with Crippen molar-refractivity contribution < 1.29 is 14.4 Å². The van der Waals surface area contributed by atoms with E-state index in [0.29, 0.717) is 5.56 Å². The molecule has 3 amide bonds. The maximum atomic E-state index is 12.9. The summed E-state index contributed by atoms with van der Waals surface area (Å²) in [6.07, 6.45) is 0. The minimum atomic E-state index is -1.14. The van der Waals surface area contributed by atoms with E-state index >= 15 is 0 Å². The van der Waals surface area contributed by atoms with E-state index in [4.69, 9.17) is 0 Å². The number of thiophene rings is 1. The smallest absolute Gasteiger partial charge is 0.325 e. The molecule has 1 aliphatic heterocycles. The highest BCUT2D eigenvalue weighted by atomic mass is 79.9. The van der Waals surface area contributed by atoms with E-state index in [1.807, 2.05) is 37.5 Å². The first kappa shape index (κ1) is 18.8. The summed E-state index contributed by atoms with van der Waals surface area (Å²) in [7, 11) is 0. The van der Waals surface area contributed by atoms with Crippen molar-refractivity contribution in [3.63, 3.8) is 0 Å². The Morgan fingerprint density at radius 3 is 2.54 bits per heavy atom. The van der Waals surface area contributed by atoms with Crippen LogP contribution in [0.3, 0.4) is 0 Å². The number of halogens is 1. The fourth-order valence-corrected chi connectivity index (χ4v) is 4.87. The summed E-state index contributed by atoms with van der Waals surface area (Å²) in [5, 5.41) is 2.73. The molecule has 3 heterocycles. The van der Waals surface area contributed by atoms with Crippen molar-refractivity contribution in [3.05, 3.63) is 43.8 Å². The summed E-state index contributed by atoms with van der Waals surface area (Å²) in [5.41, 5.74) is 1.25. The van der Waals surface area contributed by atoms with Crippen LogP contribution in [-0.2, 0) is 16.9 Å². The van der Waals surface area contributed by atoms with Crippen molar-refractivity contribution in [2.45, 2.75) is 39.8 Å². The Kier molecular flexibility index (Phi) is 4.83. The molecule has 6 nitrogen and oxygen atoms in total. The molecular formula is C18H20BrN3O3S. The van der Waals surface area contributed by atoms with Crippen LogP contribution in [0.4, 0.5) is 4.79 Å². The third kappa shape index (κ3) is 2.91. The van der Waals surface area contributed by atoms with Crippen LogP contribution in [0, 0.1) is 13.8 Å². The summed E-state index contributed by atoms with van der Waals surface area (Å²) in [6, 6.07) is 4.90. The second-order valence-electron chi connectivity index (χ2n) is 6.50. The van der Waals surface area contributed by atoms with Crippen LogP contribution in [0.2, 0.25) is 0 Å². The Bertz CT molecular complexity index is 917. The fourth-order valence-electron chi connectivity index (χ4n) is 3.39. The first-order valence-electron chi connectivity index (χ1n) is 8.29. The van der Waals surface area contributed by atoms with Gasteiger partial charge < -0.3 is 9.88 Å². The van der Waals surface area contributed by atoms with Crippen LogP contribution < -0.4 is 5.32 Å². The number of nitrogens with one attached hydrogen (secondary N) is 1. The SMILES string of the molecule is CCn1c(C)cc(C(=O)CN2C(=O)N[C@](C)(c3ccc(Br)s3)C2=O)c1C. The minimum Gasteiger partial charge on any atom is -0.349 e. The molecule has 1 fully saturated rings. The van der Waals surface area contributed by atoms with E-state index in [1.165, 1.54) is 11.3 Å². The van der Waals surface area contributed by atoms with Gasteiger partial charge in [-0.2, -0.15) is 0 Å². The van der Waals surface area contributed by atoms with E-state index in [1.54, 1.807) is 13.0 Å². The highest BCUT2D eigenvalue weighted by Gasteiger charge is 2.50. The van der Waals surface area contributed by atoms with Gasteiger partial charge in [-0.3, -0.25) is 14.5 Å². The highest BCUT2D eigenvalue weighted by molar-refractivity contribution is 9.11. The first-order chi connectivity index (χ1) is 12.2. The van der Waals surface area contributed by atoms with Crippen molar-refractivity contribution in [1.82, 2.24) is 14.8 Å². The molecule has 0 aliphatic carbocycles. The third-order valence-electron chi connectivity index (χ3n) is 4.83. The lowest BCUT2D eigenvalue weighted by Gasteiger charge is -2.19. The monoisotopic (exact) mass is 437 g/mol. The molecule has 0 spiro atoms. The number of Topliss-reactive ketones (excluding diaryl/α,β-unsaturated/α-hetero) is 1. The molecule has 26 heavy (non-hydrogen) atoms. The topological polar surface area (TPSA) is 71.4 Å². The predicted octanol–water partition coefficient (Wildman–Crippen LogP) is 3.60. The van der Waals surface area contributed by atoms with Crippen molar-refractivity contribution in [2.75, 3.05) is 6.54 Å². The number of aryl methyl sites for hydroxylation is 1. The second kappa shape index (κ2) is 6.66. The molecule has 0 aromatic carbocycles. The van der Waals surface area contributed by atoms with Gasteiger partial charge >= 0.3 is 6.03 Å². The van der Waals surface area contributed by atoms with Crippen LogP contribution in [0.5, 0.6) is 0 Å². The zero-order valence-corrected chi connectivity index (χ0v) is 17.5. The van der Waals surface area contributed by atoms with Gasteiger partial charge in [0.25, 0.3) is 5.91 Å². The summed E-state index contributed by atoms with van der Waals surface area (Å²) < 4.78 is 2.91. The molecule has 2 aromatic heterocycles. The number of imide groups is 1. The fraction of sp³-hybridized carbons (Fsp3) is 0.389. The minimum absolute atomic E-state index is 0.238. The van der Waals surface area contributed by atoms with Gasteiger partial charge in [-0.1, -0.05) is 0 Å². The average molecular weight is 438 g/mol. The first-order valence-corrected chi connectivity index (χ1v) is 9.89. The molecule has 0 saturated carbocycles. The molecule has 1 saturated heterocycles. The maximum absolute atomic E-state index is 12.9. The van der Waals surface area contributed by atoms with Crippen LogP contribution >= 0.6 is 27.3 Å². The molecule has 138 valence electrons. The van der Waals surface area contributed by atoms with Crippen LogP contribution in [0.25, 0.3) is 0 Å². The van der Waals surface area contributed by atoms with Gasteiger partial charge in [-0.15, -0.1) is 11.3 Å². The number of ketones is 1. The molecule has 0 unspecified atom stereocenters. The summed E-state index contributed by atoms with van der Waals surface area (Å²) in [6.45, 7) is 7.99. The molecule has 1 aliphatic rings. The standard InChI is InChI=1S/C18H20BrN3O3S/c1-5-21-10(2)8-12(11(21)3)13(23)9-22-16(24)18(4,20-17(22)25)14-6-7-15(19)26-14/h6-8H,5,9H2,1-4H3,(H,20,25)/t18-/m1/s1. The molecule has 8 heteroatoms. The Balaban J connectivity index is 1.85. The number of hydrogen-bond donors (Lipinski definition) is 1. The number of aromatic nitrogens is 1. The molecule has 0 bridgehead atoms. The third-order valence-corrected chi connectivity index (χ3v) is 6.68. The number of carbonyl (C=O) groups excluding carboxylic acids is 3. The van der Waals surface area contributed by atoms with Crippen molar-refractivity contribution >= 4 is 45.0 Å². The Morgan fingerprint density at radius 2 is 2.00 bits per heavy atom. The molecule has 1 N–H and O–H groups in total. The maximum Gasteiger partial charge on any atom is 0.325 e. The van der Waals surface area contributed by atoms with E-state index < -0.39 is 17.5 Å². The number of hydrogen-bond acceptors (Lipinski definition) is 4. The molecule has 3 rings (SSSR count). The van der Waals surface area contributed by atoms with Gasteiger partial charge in [0.1, 0.15) is 0 Å². The van der Waals surface area contributed by atoms with Gasteiger partial charge in [0, 0.05) is 28.4 Å². The van der Waals surface area contributed by atoms with Crippen LogP contribution in [0.15, 0.2) is 22.0 Å².